The Morgan fingerprint density at radius 3 is 2.44 bits per heavy atom. The van der Waals surface area contributed by atoms with E-state index < -0.39 is 5.41 Å². The summed E-state index contributed by atoms with van der Waals surface area (Å²) >= 11 is 0. The van der Waals surface area contributed by atoms with Gasteiger partial charge in [-0.2, -0.15) is 0 Å². The first-order valence-electron chi connectivity index (χ1n) is 8.36. The lowest BCUT2D eigenvalue weighted by atomic mass is 10.0. The van der Waals surface area contributed by atoms with Crippen LogP contribution in [0.25, 0.3) is 5.69 Å². The van der Waals surface area contributed by atoms with Crippen LogP contribution in [0.15, 0.2) is 41.2 Å². The third-order valence-electron chi connectivity index (χ3n) is 4.94. The highest BCUT2D eigenvalue weighted by Gasteiger charge is 2.54. The monoisotopic (exact) mass is 336 g/mol. The van der Waals surface area contributed by atoms with Crippen molar-refractivity contribution < 1.29 is 9.32 Å². The number of carbonyl (C=O) groups excluding carboxylic acids is 1. The van der Waals surface area contributed by atoms with Gasteiger partial charge in [-0.3, -0.25) is 4.79 Å². The van der Waals surface area contributed by atoms with E-state index in [9.17, 15) is 4.79 Å². The van der Waals surface area contributed by atoms with Crippen molar-refractivity contribution in [1.29, 1.82) is 0 Å². The van der Waals surface area contributed by atoms with E-state index in [4.69, 9.17) is 4.52 Å². The maximum absolute atomic E-state index is 12.7. The van der Waals surface area contributed by atoms with Crippen LogP contribution in [0.2, 0.25) is 0 Å². The lowest BCUT2D eigenvalue weighted by Gasteiger charge is -2.13. The summed E-state index contributed by atoms with van der Waals surface area (Å²) in [5.41, 5.74) is 4.14. The highest BCUT2D eigenvalue weighted by Crippen LogP contribution is 2.49. The van der Waals surface area contributed by atoms with Crippen LogP contribution >= 0.6 is 0 Å². The number of nitrogens with zero attached hydrogens (tertiary/aromatic N) is 3. The summed E-state index contributed by atoms with van der Waals surface area (Å²) in [7, 11) is 0. The average Bonchev–Trinajstić information content (AvgIpc) is 3.21. The first-order chi connectivity index (χ1) is 12.0. The van der Waals surface area contributed by atoms with Crippen LogP contribution in [0.3, 0.4) is 0 Å². The van der Waals surface area contributed by atoms with Crippen molar-refractivity contribution in [1.82, 2.24) is 14.7 Å². The number of benzene rings is 1. The van der Waals surface area contributed by atoms with Crippen LogP contribution in [0.4, 0.5) is 5.69 Å². The highest BCUT2D eigenvalue weighted by atomic mass is 16.5. The van der Waals surface area contributed by atoms with Crippen molar-refractivity contribution in [2.75, 3.05) is 5.32 Å². The van der Waals surface area contributed by atoms with E-state index >= 15 is 0 Å². The molecule has 1 aromatic carbocycles. The lowest BCUT2D eigenvalue weighted by Crippen LogP contribution is -2.27. The summed E-state index contributed by atoms with van der Waals surface area (Å²) in [5.74, 6) is 0.620. The molecule has 1 fully saturated rings. The first-order valence-corrected chi connectivity index (χ1v) is 8.36. The van der Waals surface area contributed by atoms with Gasteiger partial charge in [-0.25, -0.2) is 4.98 Å². The quantitative estimate of drug-likeness (QED) is 0.792. The van der Waals surface area contributed by atoms with Crippen molar-refractivity contribution in [3.63, 3.8) is 0 Å². The molecule has 1 aliphatic carbocycles. The number of aromatic nitrogens is 3. The molecule has 0 aliphatic heterocycles. The van der Waals surface area contributed by atoms with Crippen molar-refractivity contribution >= 4 is 11.6 Å². The number of aryl methyl sites for hydroxylation is 2. The Balaban J connectivity index is 1.52. The van der Waals surface area contributed by atoms with E-state index in [1.54, 1.807) is 0 Å². The number of nitrogens with one attached hydrogen (secondary N) is 1. The van der Waals surface area contributed by atoms with E-state index in [1.807, 2.05) is 62.0 Å². The zero-order chi connectivity index (χ0) is 17.6. The normalized spacial score (nSPS) is 15.2. The topological polar surface area (TPSA) is 73.0 Å². The standard InChI is InChI=1S/C19H20N4O2/c1-12-10-17(25-22-12)19(8-9-19)18(24)21-15-4-6-16(7-5-15)23-11-20-13(2)14(23)3/h4-7,10-11H,8-9H2,1-3H3,(H,21,24). The van der Waals surface area contributed by atoms with Gasteiger partial charge in [0, 0.05) is 23.1 Å². The van der Waals surface area contributed by atoms with Gasteiger partial charge in [-0.05, 0) is 57.9 Å². The van der Waals surface area contributed by atoms with E-state index in [-0.39, 0.29) is 5.91 Å². The minimum atomic E-state index is -0.558. The van der Waals surface area contributed by atoms with Crippen molar-refractivity contribution in [3.05, 3.63) is 59.5 Å². The number of amides is 1. The van der Waals surface area contributed by atoms with Gasteiger partial charge in [0.15, 0.2) is 5.76 Å². The number of imidazole rings is 1. The molecule has 2 heterocycles. The summed E-state index contributed by atoms with van der Waals surface area (Å²) < 4.78 is 7.35. The molecule has 0 radical (unpaired) electrons. The van der Waals surface area contributed by atoms with Gasteiger partial charge in [-0.1, -0.05) is 5.16 Å². The molecule has 6 heteroatoms. The van der Waals surface area contributed by atoms with E-state index in [0.29, 0.717) is 5.76 Å². The maximum atomic E-state index is 12.7. The minimum Gasteiger partial charge on any atom is -0.360 e. The fraction of sp³-hybridized carbons (Fsp3) is 0.316. The molecule has 2 aromatic heterocycles. The minimum absolute atomic E-state index is 0.0361. The Bertz CT molecular complexity index is 933. The van der Waals surface area contributed by atoms with Gasteiger partial charge in [0.2, 0.25) is 5.91 Å². The van der Waals surface area contributed by atoms with Crippen LogP contribution in [-0.2, 0) is 10.2 Å². The van der Waals surface area contributed by atoms with Gasteiger partial charge in [0.1, 0.15) is 5.41 Å². The predicted molar refractivity (Wildman–Crippen MR) is 93.8 cm³/mol. The predicted octanol–water partition coefficient (Wildman–Crippen LogP) is 3.46. The van der Waals surface area contributed by atoms with Crippen LogP contribution < -0.4 is 5.32 Å². The van der Waals surface area contributed by atoms with Crippen LogP contribution in [0.5, 0.6) is 0 Å². The molecule has 1 saturated carbocycles. The SMILES string of the molecule is Cc1cc(C2(C(=O)Nc3ccc(-n4cnc(C)c4C)cc3)CC2)on1. The Hall–Kier alpha value is -2.89. The van der Waals surface area contributed by atoms with E-state index in [1.165, 1.54) is 0 Å². The second-order valence-corrected chi connectivity index (χ2v) is 6.70. The molecular formula is C19H20N4O2. The molecule has 128 valence electrons. The molecule has 25 heavy (non-hydrogen) atoms. The molecular weight excluding hydrogens is 316 g/mol. The van der Waals surface area contributed by atoms with Crippen LogP contribution in [0, 0.1) is 20.8 Å². The summed E-state index contributed by atoms with van der Waals surface area (Å²) in [5, 5.41) is 6.90. The third kappa shape index (κ3) is 2.63. The number of carbonyl (C=O) groups is 1. The zero-order valence-electron chi connectivity index (χ0n) is 14.5. The average molecular weight is 336 g/mol. The molecule has 3 aromatic rings. The Labute approximate surface area is 145 Å². The molecule has 1 N–H and O–H groups in total. The maximum Gasteiger partial charge on any atom is 0.238 e. The van der Waals surface area contributed by atoms with Gasteiger partial charge >= 0.3 is 0 Å². The third-order valence-corrected chi connectivity index (χ3v) is 4.94. The molecule has 0 saturated heterocycles. The number of rotatable bonds is 4. The van der Waals surface area contributed by atoms with Gasteiger partial charge < -0.3 is 14.4 Å². The molecule has 0 atom stereocenters. The number of hydrogen-bond donors (Lipinski definition) is 1. The largest absolute Gasteiger partial charge is 0.360 e. The zero-order valence-corrected chi connectivity index (χ0v) is 14.5. The summed E-state index contributed by atoms with van der Waals surface area (Å²) in [4.78, 5) is 17.0. The molecule has 6 nitrogen and oxygen atoms in total. The number of anilines is 1. The van der Waals surface area contributed by atoms with Crippen LogP contribution in [0.1, 0.15) is 35.7 Å². The summed E-state index contributed by atoms with van der Waals surface area (Å²) in [6.07, 6.45) is 3.39. The highest BCUT2D eigenvalue weighted by molar-refractivity contribution is 6.01. The molecule has 1 aliphatic rings. The van der Waals surface area contributed by atoms with E-state index in [0.717, 1.165) is 41.3 Å². The molecule has 0 spiro atoms. The Morgan fingerprint density at radius 1 is 1.20 bits per heavy atom. The van der Waals surface area contributed by atoms with Gasteiger partial charge in [0.05, 0.1) is 17.7 Å². The summed E-state index contributed by atoms with van der Waals surface area (Å²) in [6, 6.07) is 9.61. The van der Waals surface area contributed by atoms with Gasteiger partial charge in [-0.15, -0.1) is 0 Å². The van der Waals surface area contributed by atoms with Crippen molar-refractivity contribution in [2.45, 2.75) is 39.0 Å². The summed E-state index contributed by atoms with van der Waals surface area (Å²) in [6.45, 7) is 5.88. The lowest BCUT2D eigenvalue weighted by molar-refractivity contribution is -0.119. The van der Waals surface area contributed by atoms with Crippen molar-refractivity contribution in [3.8, 4) is 5.69 Å². The smallest absolute Gasteiger partial charge is 0.238 e. The second kappa shape index (κ2) is 5.58. The van der Waals surface area contributed by atoms with Crippen LogP contribution in [-0.4, -0.2) is 20.6 Å². The van der Waals surface area contributed by atoms with E-state index in [2.05, 4.69) is 15.5 Å². The second-order valence-electron chi connectivity index (χ2n) is 6.70. The fourth-order valence-electron chi connectivity index (χ4n) is 3.01. The molecule has 4 rings (SSSR count). The molecule has 0 unspecified atom stereocenters. The fourth-order valence-corrected chi connectivity index (χ4v) is 3.01. The first kappa shape index (κ1) is 15.6. The Morgan fingerprint density at radius 2 is 1.92 bits per heavy atom. The molecule has 0 bridgehead atoms. The van der Waals surface area contributed by atoms with Crippen molar-refractivity contribution in [2.24, 2.45) is 0 Å². The van der Waals surface area contributed by atoms with Gasteiger partial charge in [0.25, 0.3) is 0 Å². The molecule has 1 amide bonds. The Kier molecular flexibility index (Phi) is 3.49. The number of hydrogen-bond acceptors (Lipinski definition) is 4.